The van der Waals surface area contributed by atoms with Crippen molar-refractivity contribution >= 4 is 23.5 Å². The minimum atomic E-state index is -0.0960. The van der Waals surface area contributed by atoms with E-state index in [1.54, 1.807) is 34.9 Å². The molecule has 2 aromatic heterocycles. The van der Waals surface area contributed by atoms with Crippen molar-refractivity contribution in [3.63, 3.8) is 0 Å². The van der Waals surface area contributed by atoms with Gasteiger partial charge in [-0.15, -0.1) is 11.8 Å². The minimum Gasteiger partial charge on any atom is -0.491 e. The van der Waals surface area contributed by atoms with Crippen molar-refractivity contribution in [2.75, 3.05) is 11.1 Å². The molecule has 144 valence electrons. The van der Waals surface area contributed by atoms with Crippen LogP contribution >= 0.6 is 11.8 Å². The Hall–Kier alpha value is -2.87. The van der Waals surface area contributed by atoms with Gasteiger partial charge >= 0.3 is 0 Å². The number of benzene rings is 1. The number of hydrogen-bond donors (Lipinski definition) is 1. The monoisotopic (exact) mass is 395 g/mol. The summed E-state index contributed by atoms with van der Waals surface area (Å²) in [6.45, 7) is 5.95. The Balaban J connectivity index is 1.88. The number of aryl methyl sites for hydroxylation is 1. The Morgan fingerprint density at radius 1 is 1.21 bits per heavy atom. The highest BCUT2D eigenvalue weighted by Crippen LogP contribution is 2.46. The fraction of sp³-hybridized carbons (Fsp3) is 0.300. The Bertz CT molecular complexity index is 1000. The number of ether oxygens (including phenoxy) is 1. The predicted molar refractivity (Wildman–Crippen MR) is 109 cm³/mol. The van der Waals surface area contributed by atoms with E-state index >= 15 is 0 Å². The van der Waals surface area contributed by atoms with Crippen LogP contribution in [-0.4, -0.2) is 37.5 Å². The molecule has 1 aromatic carbocycles. The molecule has 1 amide bonds. The van der Waals surface area contributed by atoms with Crippen LogP contribution in [0.25, 0.3) is 5.95 Å². The number of carbonyl (C=O) groups is 1. The smallest absolute Gasteiger partial charge is 0.252 e. The zero-order valence-corrected chi connectivity index (χ0v) is 16.7. The summed E-state index contributed by atoms with van der Waals surface area (Å²) < 4.78 is 7.65. The number of aromatic nitrogens is 4. The molecule has 0 fully saturated rings. The van der Waals surface area contributed by atoms with Gasteiger partial charge in [-0.3, -0.25) is 4.79 Å². The first-order valence-electron chi connectivity index (χ1n) is 9.08. The second-order valence-electron chi connectivity index (χ2n) is 6.75. The molecular weight excluding hydrogens is 374 g/mol. The molecular formula is C20H21N5O2S. The maximum atomic E-state index is 12.4. The van der Waals surface area contributed by atoms with E-state index in [-0.39, 0.29) is 17.3 Å². The number of para-hydroxylation sites is 1. The maximum Gasteiger partial charge on any atom is 0.252 e. The molecule has 0 saturated carbocycles. The van der Waals surface area contributed by atoms with Crippen molar-refractivity contribution in [1.29, 1.82) is 0 Å². The highest BCUT2D eigenvalue weighted by Gasteiger charge is 2.32. The fourth-order valence-corrected chi connectivity index (χ4v) is 4.45. The van der Waals surface area contributed by atoms with Crippen LogP contribution in [0.15, 0.2) is 42.7 Å². The van der Waals surface area contributed by atoms with Gasteiger partial charge in [-0.1, -0.05) is 18.2 Å². The van der Waals surface area contributed by atoms with Crippen LogP contribution in [0.5, 0.6) is 5.75 Å². The van der Waals surface area contributed by atoms with Crippen LogP contribution in [0.3, 0.4) is 0 Å². The second-order valence-corrected chi connectivity index (χ2v) is 7.85. The number of thioether (sulfide) groups is 1. The number of nitrogens with zero attached hydrogens (tertiary/aromatic N) is 4. The van der Waals surface area contributed by atoms with Crippen LogP contribution in [0.4, 0.5) is 5.82 Å². The SMILES string of the molecule is Cc1nn(-c2ncccn2)c2c1[C@H](c1ccccc1OC(C)C)SCC(=O)N2. The van der Waals surface area contributed by atoms with Gasteiger partial charge in [0.15, 0.2) is 0 Å². The van der Waals surface area contributed by atoms with Crippen LogP contribution in [-0.2, 0) is 4.79 Å². The molecule has 0 saturated heterocycles. The van der Waals surface area contributed by atoms with E-state index in [9.17, 15) is 4.79 Å². The highest BCUT2D eigenvalue weighted by molar-refractivity contribution is 8.00. The van der Waals surface area contributed by atoms with Crippen LogP contribution in [0.2, 0.25) is 0 Å². The molecule has 3 aromatic rings. The lowest BCUT2D eigenvalue weighted by Gasteiger charge is -2.20. The van der Waals surface area contributed by atoms with Gasteiger partial charge in [0.05, 0.1) is 22.8 Å². The molecule has 0 aliphatic carbocycles. The van der Waals surface area contributed by atoms with Gasteiger partial charge in [-0.25, -0.2) is 9.97 Å². The van der Waals surface area contributed by atoms with Gasteiger partial charge in [0.2, 0.25) is 5.91 Å². The summed E-state index contributed by atoms with van der Waals surface area (Å²) in [4.78, 5) is 21.0. The molecule has 1 aliphatic rings. The first-order chi connectivity index (χ1) is 13.5. The topological polar surface area (TPSA) is 81.9 Å². The van der Waals surface area contributed by atoms with Crippen molar-refractivity contribution in [2.24, 2.45) is 0 Å². The third-order valence-electron chi connectivity index (χ3n) is 4.31. The summed E-state index contributed by atoms with van der Waals surface area (Å²) in [6.07, 6.45) is 3.36. The number of rotatable bonds is 4. The molecule has 28 heavy (non-hydrogen) atoms. The number of amides is 1. The predicted octanol–water partition coefficient (Wildman–Crippen LogP) is 3.53. The van der Waals surface area contributed by atoms with E-state index in [2.05, 4.69) is 20.4 Å². The normalized spacial score (nSPS) is 16.4. The van der Waals surface area contributed by atoms with Gasteiger partial charge in [-0.05, 0) is 32.9 Å². The molecule has 7 nitrogen and oxygen atoms in total. The number of fused-ring (bicyclic) bond motifs is 1. The molecule has 8 heteroatoms. The van der Waals surface area contributed by atoms with Gasteiger partial charge in [-0.2, -0.15) is 9.78 Å². The van der Waals surface area contributed by atoms with Crippen molar-refractivity contribution in [1.82, 2.24) is 19.7 Å². The minimum absolute atomic E-state index is 0.0534. The Kier molecular flexibility index (Phi) is 5.04. The van der Waals surface area contributed by atoms with E-state index in [1.807, 2.05) is 45.0 Å². The summed E-state index contributed by atoms with van der Waals surface area (Å²) in [5.41, 5.74) is 2.79. The molecule has 3 heterocycles. The zero-order valence-electron chi connectivity index (χ0n) is 15.9. The maximum absolute atomic E-state index is 12.4. The van der Waals surface area contributed by atoms with Gasteiger partial charge in [0.1, 0.15) is 11.6 Å². The lowest BCUT2D eigenvalue weighted by Crippen LogP contribution is -2.16. The van der Waals surface area contributed by atoms with Crippen LogP contribution in [0, 0.1) is 6.92 Å². The molecule has 1 aliphatic heterocycles. The van der Waals surface area contributed by atoms with E-state index in [0.29, 0.717) is 17.5 Å². The average Bonchev–Trinajstić information content (AvgIpc) is 2.89. The van der Waals surface area contributed by atoms with Crippen molar-refractivity contribution in [3.8, 4) is 11.7 Å². The quantitative estimate of drug-likeness (QED) is 0.728. The summed E-state index contributed by atoms with van der Waals surface area (Å²) in [7, 11) is 0. The molecule has 0 spiro atoms. The van der Waals surface area contributed by atoms with Gasteiger partial charge < -0.3 is 10.1 Å². The van der Waals surface area contributed by atoms with E-state index in [0.717, 1.165) is 22.6 Å². The molecule has 4 rings (SSSR count). The average molecular weight is 395 g/mol. The van der Waals surface area contributed by atoms with Crippen LogP contribution in [0.1, 0.15) is 35.9 Å². The van der Waals surface area contributed by atoms with E-state index in [1.165, 1.54) is 0 Å². The summed E-state index contributed by atoms with van der Waals surface area (Å²) in [5.74, 6) is 2.11. The Morgan fingerprint density at radius 2 is 1.96 bits per heavy atom. The third-order valence-corrected chi connectivity index (χ3v) is 5.57. The Labute approximate surface area is 167 Å². The standard InChI is InChI=1S/C20H21N5O2S/c1-12(2)27-15-8-5-4-7-14(15)18-17-13(3)24-25(20-21-9-6-10-22-20)19(17)23-16(26)11-28-18/h4-10,12,18H,11H2,1-3H3,(H,23,26)/t18-/m0/s1. The van der Waals surface area contributed by atoms with Crippen LogP contribution < -0.4 is 10.1 Å². The van der Waals surface area contributed by atoms with Gasteiger partial charge in [0.25, 0.3) is 5.95 Å². The number of anilines is 1. The van der Waals surface area contributed by atoms with Crippen molar-refractivity contribution in [3.05, 3.63) is 59.5 Å². The molecule has 1 atom stereocenters. The fourth-order valence-electron chi connectivity index (χ4n) is 3.23. The first-order valence-corrected chi connectivity index (χ1v) is 10.1. The molecule has 0 bridgehead atoms. The largest absolute Gasteiger partial charge is 0.491 e. The zero-order chi connectivity index (χ0) is 19.7. The van der Waals surface area contributed by atoms with E-state index in [4.69, 9.17) is 4.74 Å². The van der Waals surface area contributed by atoms with Crippen molar-refractivity contribution in [2.45, 2.75) is 32.1 Å². The van der Waals surface area contributed by atoms with Gasteiger partial charge in [0, 0.05) is 23.5 Å². The third kappa shape index (κ3) is 3.47. The summed E-state index contributed by atoms with van der Waals surface area (Å²) >= 11 is 1.57. The molecule has 0 unspecified atom stereocenters. The lowest BCUT2D eigenvalue weighted by molar-refractivity contribution is -0.113. The lowest BCUT2D eigenvalue weighted by atomic mass is 10.0. The number of nitrogens with one attached hydrogen (secondary N) is 1. The van der Waals surface area contributed by atoms with E-state index < -0.39 is 0 Å². The number of hydrogen-bond acceptors (Lipinski definition) is 6. The van der Waals surface area contributed by atoms with Crippen molar-refractivity contribution < 1.29 is 9.53 Å². The summed E-state index contributed by atoms with van der Waals surface area (Å²) in [5, 5.41) is 7.52. The first kappa shape index (κ1) is 18.5. The Morgan fingerprint density at radius 3 is 2.71 bits per heavy atom. The molecule has 1 N–H and O–H groups in total. The summed E-state index contributed by atoms with van der Waals surface area (Å²) in [6, 6.07) is 9.71. The highest BCUT2D eigenvalue weighted by atomic mass is 32.2. The second kappa shape index (κ2) is 7.63. The molecule has 0 radical (unpaired) electrons. The number of carbonyl (C=O) groups excluding carboxylic acids is 1.